The van der Waals surface area contributed by atoms with Crippen LogP contribution in [-0.4, -0.2) is 33.0 Å². The Bertz CT molecular complexity index is 643. The topological polar surface area (TPSA) is 77.0 Å². The molecule has 0 spiro atoms. The highest BCUT2D eigenvalue weighted by atomic mass is 35.5. The highest BCUT2D eigenvalue weighted by Crippen LogP contribution is 2.22. The minimum atomic E-state index is -0.0576. The monoisotopic (exact) mass is 332 g/mol. The quantitative estimate of drug-likeness (QED) is 0.931. The van der Waals surface area contributed by atoms with Gasteiger partial charge in [-0.2, -0.15) is 0 Å². The summed E-state index contributed by atoms with van der Waals surface area (Å²) in [4.78, 5) is 24.1. The summed E-state index contributed by atoms with van der Waals surface area (Å²) in [6.45, 7) is 0. The maximum Gasteiger partial charge on any atom is 0.316 e. The van der Waals surface area contributed by atoms with E-state index in [9.17, 15) is 4.79 Å². The van der Waals surface area contributed by atoms with E-state index in [1.165, 1.54) is 12.4 Å². The van der Waals surface area contributed by atoms with E-state index in [2.05, 4.69) is 20.3 Å². The number of hydrogen-bond donors (Lipinski definition) is 1. The molecule has 2 aromatic rings. The van der Waals surface area contributed by atoms with Crippen LogP contribution in [-0.2, 0) is 0 Å². The van der Waals surface area contributed by atoms with Crippen LogP contribution < -0.4 is 10.1 Å². The van der Waals surface area contributed by atoms with Crippen molar-refractivity contribution >= 4 is 17.5 Å². The van der Waals surface area contributed by atoms with Crippen molar-refractivity contribution in [2.75, 3.05) is 0 Å². The molecular formula is C16H17ClN4O2. The van der Waals surface area contributed by atoms with E-state index in [1.807, 2.05) is 0 Å². The molecule has 2 heterocycles. The van der Waals surface area contributed by atoms with Crippen molar-refractivity contribution in [2.45, 2.75) is 37.8 Å². The van der Waals surface area contributed by atoms with Gasteiger partial charge >= 0.3 is 6.01 Å². The van der Waals surface area contributed by atoms with E-state index >= 15 is 0 Å². The summed E-state index contributed by atoms with van der Waals surface area (Å²) in [5.41, 5.74) is 0.632. The number of carbonyl (C=O) groups is 1. The minimum Gasteiger partial charge on any atom is -0.460 e. The predicted octanol–water partition coefficient (Wildman–Crippen LogP) is 2.65. The maximum atomic E-state index is 12.1. The molecule has 6 nitrogen and oxygen atoms in total. The Labute approximate surface area is 139 Å². The second kappa shape index (κ2) is 7.37. The van der Waals surface area contributed by atoms with Gasteiger partial charge in [0.1, 0.15) is 6.10 Å². The van der Waals surface area contributed by atoms with Crippen LogP contribution in [0, 0.1) is 0 Å². The summed E-state index contributed by atoms with van der Waals surface area (Å²) in [5, 5.41) is 3.54. The number of rotatable bonds is 4. The maximum absolute atomic E-state index is 12.1. The molecule has 1 saturated carbocycles. The smallest absolute Gasteiger partial charge is 0.316 e. The van der Waals surface area contributed by atoms with Crippen LogP contribution in [0.15, 0.2) is 36.9 Å². The molecule has 1 N–H and O–H groups in total. The van der Waals surface area contributed by atoms with E-state index in [0.29, 0.717) is 16.6 Å². The molecule has 1 aliphatic carbocycles. The van der Waals surface area contributed by atoms with Gasteiger partial charge in [-0.3, -0.25) is 9.78 Å². The van der Waals surface area contributed by atoms with Crippen molar-refractivity contribution < 1.29 is 9.53 Å². The Balaban J connectivity index is 1.47. The fourth-order valence-electron chi connectivity index (χ4n) is 2.61. The molecule has 1 fully saturated rings. The zero-order chi connectivity index (χ0) is 16.1. The zero-order valence-corrected chi connectivity index (χ0v) is 13.2. The lowest BCUT2D eigenvalue weighted by atomic mass is 9.93. The molecule has 3 rings (SSSR count). The van der Waals surface area contributed by atoms with Gasteiger partial charge < -0.3 is 10.1 Å². The molecule has 23 heavy (non-hydrogen) atoms. The highest BCUT2D eigenvalue weighted by molar-refractivity contribution is 6.30. The standard InChI is InChI=1S/C16H17ClN4O2/c17-12-9-19-16(20-10-12)23-14-3-1-13(2-4-14)21-15(22)11-5-7-18-8-6-11/h5-10,13-14H,1-4H2,(H,21,22). The van der Waals surface area contributed by atoms with Crippen LogP contribution in [0.25, 0.3) is 0 Å². The van der Waals surface area contributed by atoms with E-state index in [1.54, 1.807) is 24.5 Å². The third-order valence-corrected chi connectivity index (χ3v) is 4.02. The number of ether oxygens (including phenoxy) is 1. The predicted molar refractivity (Wildman–Crippen MR) is 85.4 cm³/mol. The van der Waals surface area contributed by atoms with Crippen molar-refractivity contribution in [1.82, 2.24) is 20.3 Å². The first-order valence-corrected chi connectivity index (χ1v) is 7.93. The fraction of sp³-hybridized carbons (Fsp3) is 0.375. The first-order chi connectivity index (χ1) is 11.2. The van der Waals surface area contributed by atoms with Crippen molar-refractivity contribution in [3.8, 4) is 6.01 Å². The number of amides is 1. The number of pyridine rings is 1. The SMILES string of the molecule is O=C(NC1CCC(Oc2ncc(Cl)cn2)CC1)c1ccncc1. The Kier molecular flexibility index (Phi) is 5.02. The van der Waals surface area contributed by atoms with Crippen LogP contribution in [0.4, 0.5) is 0 Å². The third kappa shape index (κ3) is 4.39. The largest absolute Gasteiger partial charge is 0.460 e. The zero-order valence-electron chi connectivity index (χ0n) is 12.5. The van der Waals surface area contributed by atoms with E-state index in [-0.39, 0.29) is 18.1 Å². The molecule has 0 atom stereocenters. The third-order valence-electron chi connectivity index (χ3n) is 3.82. The first kappa shape index (κ1) is 15.7. The van der Waals surface area contributed by atoms with Crippen LogP contribution in [0.2, 0.25) is 5.02 Å². The molecule has 0 bridgehead atoms. The first-order valence-electron chi connectivity index (χ1n) is 7.56. The van der Waals surface area contributed by atoms with Crippen LogP contribution in [0.1, 0.15) is 36.0 Å². The molecule has 0 aliphatic heterocycles. The summed E-state index contributed by atoms with van der Waals surface area (Å²) >= 11 is 5.75. The van der Waals surface area contributed by atoms with Gasteiger partial charge in [-0.25, -0.2) is 9.97 Å². The molecule has 2 aromatic heterocycles. The number of nitrogens with one attached hydrogen (secondary N) is 1. The van der Waals surface area contributed by atoms with Gasteiger partial charge in [0.2, 0.25) is 0 Å². The Hall–Kier alpha value is -2.21. The van der Waals surface area contributed by atoms with Gasteiger partial charge in [0.15, 0.2) is 0 Å². The van der Waals surface area contributed by atoms with Gasteiger partial charge in [-0.1, -0.05) is 11.6 Å². The second-order valence-corrected chi connectivity index (χ2v) is 5.92. The lowest BCUT2D eigenvalue weighted by Crippen LogP contribution is -2.39. The normalized spacial score (nSPS) is 20.7. The van der Waals surface area contributed by atoms with Gasteiger partial charge in [-0.05, 0) is 37.8 Å². The summed E-state index contributed by atoms with van der Waals surface area (Å²) in [7, 11) is 0. The molecule has 120 valence electrons. The van der Waals surface area contributed by atoms with Crippen LogP contribution in [0.3, 0.4) is 0 Å². The summed E-state index contributed by atoms with van der Waals surface area (Å²) in [5.74, 6) is -0.0576. The Morgan fingerprint density at radius 2 is 1.78 bits per heavy atom. The van der Waals surface area contributed by atoms with E-state index in [0.717, 1.165) is 25.7 Å². The van der Waals surface area contributed by atoms with Gasteiger partial charge in [0, 0.05) is 24.0 Å². The summed E-state index contributed by atoms with van der Waals surface area (Å²) < 4.78 is 5.75. The van der Waals surface area contributed by atoms with Crippen LogP contribution >= 0.6 is 11.6 Å². The van der Waals surface area contributed by atoms with Crippen molar-refractivity contribution in [3.05, 3.63) is 47.5 Å². The number of nitrogens with zero attached hydrogens (tertiary/aromatic N) is 3. The Morgan fingerprint density at radius 1 is 1.13 bits per heavy atom. The summed E-state index contributed by atoms with van der Waals surface area (Å²) in [6.07, 6.45) is 9.79. The summed E-state index contributed by atoms with van der Waals surface area (Å²) in [6, 6.07) is 3.93. The van der Waals surface area contributed by atoms with Gasteiger partial charge in [-0.15, -0.1) is 0 Å². The lowest BCUT2D eigenvalue weighted by molar-refractivity contribution is 0.0885. The Morgan fingerprint density at radius 3 is 2.43 bits per heavy atom. The molecule has 1 aliphatic rings. The molecule has 0 aromatic carbocycles. The van der Waals surface area contributed by atoms with Gasteiger partial charge in [0.25, 0.3) is 5.91 Å². The number of carbonyl (C=O) groups excluding carboxylic acids is 1. The lowest BCUT2D eigenvalue weighted by Gasteiger charge is -2.28. The molecule has 0 radical (unpaired) electrons. The molecule has 1 amide bonds. The average molecular weight is 333 g/mol. The van der Waals surface area contributed by atoms with E-state index < -0.39 is 0 Å². The molecular weight excluding hydrogens is 316 g/mol. The highest BCUT2D eigenvalue weighted by Gasteiger charge is 2.24. The molecule has 7 heteroatoms. The number of hydrogen-bond acceptors (Lipinski definition) is 5. The minimum absolute atomic E-state index is 0.0576. The fourth-order valence-corrected chi connectivity index (χ4v) is 2.70. The van der Waals surface area contributed by atoms with Crippen molar-refractivity contribution in [1.29, 1.82) is 0 Å². The average Bonchev–Trinajstić information content (AvgIpc) is 2.59. The number of halogens is 1. The second-order valence-electron chi connectivity index (χ2n) is 5.48. The van der Waals surface area contributed by atoms with Crippen molar-refractivity contribution in [3.63, 3.8) is 0 Å². The van der Waals surface area contributed by atoms with Crippen LogP contribution in [0.5, 0.6) is 6.01 Å². The van der Waals surface area contributed by atoms with Gasteiger partial charge in [0.05, 0.1) is 17.4 Å². The van der Waals surface area contributed by atoms with E-state index in [4.69, 9.17) is 16.3 Å². The number of aromatic nitrogens is 3. The molecule has 0 saturated heterocycles. The van der Waals surface area contributed by atoms with Crippen molar-refractivity contribution in [2.24, 2.45) is 0 Å². The molecule has 0 unspecified atom stereocenters.